The Labute approximate surface area is 96.5 Å². The van der Waals surface area contributed by atoms with Crippen LogP contribution in [0.3, 0.4) is 0 Å². The summed E-state index contributed by atoms with van der Waals surface area (Å²) in [4.78, 5) is 4.61. The van der Waals surface area contributed by atoms with Crippen LogP contribution in [0.25, 0.3) is 5.65 Å². The maximum Gasteiger partial charge on any atom is 0.155 e. The Hall–Kier alpha value is -1.38. The molecule has 0 aliphatic carbocycles. The average Bonchev–Trinajstić information content (AvgIpc) is 2.76. The SMILES string of the molecule is CCCCCC(C)c1ccn2nccc2n1. The molecule has 0 aliphatic rings. The van der Waals surface area contributed by atoms with Crippen molar-refractivity contribution in [2.45, 2.75) is 45.4 Å². The lowest BCUT2D eigenvalue weighted by molar-refractivity contribution is 0.587. The zero-order valence-electron chi connectivity index (χ0n) is 10.1. The lowest BCUT2D eigenvalue weighted by atomic mass is 10.00. The van der Waals surface area contributed by atoms with Crippen molar-refractivity contribution < 1.29 is 0 Å². The molecule has 0 spiro atoms. The molecule has 16 heavy (non-hydrogen) atoms. The summed E-state index contributed by atoms with van der Waals surface area (Å²) in [5.41, 5.74) is 2.13. The van der Waals surface area contributed by atoms with Gasteiger partial charge in [-0.15, -0.1) is 0 Å². The summed E-state index contributed by atoms with van der Waals surface area (Å²) in [7, 11) is 0. The van der Waals surface area contributed by atoms with Gasteiger partial charge < -0.3 is 0 Å². The van der Waals surface area contributed by atoms with E-state index < -0.39 is 0 Å². The van der Waals surface area contributed by atoms with E-state index in [0.717, 1.165) is 5.65 Å². The van der Waals surface area contributed by atoms with Crippen molar-refractivity contribution in [1.82, 2.24) is 14.6 Å². The number of fused-ring (bicyclic) bond motifs is 1. The molecule has 0 amide bonds. The summed E-state index contributed by atoms with van der Waals surface area (Å²) >= 11 is 0. The van der Waals surface area contributed by atoms with Crippen molar-refractivity contribution in [2.75, 3.05) is 0 Å². The van der Waals surface area contributed by atoms with Crippen molar-refractivity contribution in [2.24, 2.45) is 0 Å². The van der Waals surface area contributed by atoms with Crippen LogP contribution in [0.2, 0.25) is 0 Å². The van der Waals surface area contributed by atoms with Gasteiger partial charge >= 0.3 is 0 Å². The average molecular weight is 217 g/mol. The van der Waals surface area contributed by atoms with Gasteiger partial charge in [-0.05, 0) is 18.4 Å². The molecule has 2 aromatic rings. The second-order valence-corrected chi connectivity index (χ2v) is 4.38. The predicted molar refractivity (Wildman–Crippen MR) is 65.5 cm³/mol. The molecule has 0 saturated heterocycles. The van der Waals surface area contributed by atoms with Crippen molar-refractivity contribution in [3.8, 4) is 0 Å². The Balaban J connectivity index is 2.07. The van der Waals surface area contributed by atoms with Crippen molar-refractivity contribution in [1.29, 1.82) is 0 Å². The molecule has 2 aromatic heterocycles. The van der Waals surface area contributed by atoms with E-state index in [1.54, 1.807) is 6.20 Å². The third-order valence-corrected chi connectivity index (χ3v) is 3.03. The van der Waals surface area contributed by atoms with Gasteiger partial charge in [0.2, 0.25) is 0 Å². The molecule has 0 saturated carbocycles. The van der Waals surface area contributed by atoms with E-state index in [2.05, 4.69) is 30.0 Å². The zero-order chi connectivity index (χ0) is 11.4. The normalized spacial score (nSPS) is 13.1. The van der Waals surface area contributed by atoms with Crippen molar-refractivity contribution >= 4 is 5.65 Å². The van der Waals surface area contributed by atoms with Crippen molar-refractivity contribution in [3.05, 3.63) is 30.2 Å². The number of hydrogen-bond acceptors (Lipinski definition) is 2. The molecule has 1 unspecified atom stereocenters. The highest BCUT2D eigenvalue weighted by Crippen LogP contribution is 2.20. The van der Waals surface area contributed by atoms with Crippen LogP contribution in [-0.2, 0) is 0 Å². The van der Waals surface area contributed by atoms with E-state index in [-0.39, 0.29) is 0 Å². The largest absolute Gasteiger partial charge is 0.233 e. The summed E-state index contributed by atoms with van der Waals surface area (Å²) in [6, 6.07) is 4.03. The van der Waals surface area contributed by atoms with E-state index in [9.17, 15) is 0 Å². The van der Waals surface area contributed by atoms with E-state index in [1.165, 1.54) is 31.4 Å². The predicted octanol–water partition coefficient (Wildman–Crippen LogP) is 3.41. The van der Waals surface area contributed by atoms with E-state index in [4.69, 9.17) is 0 Å². The highest BCUT2D eigenvalue weighted by molar-refractivity contribution is 5.36. The van der Waals surface area contributed by atoms with Crippen LogP contribution < -0.4 is 0 Å². The van der Waals surface area contributed by atoms with Crippen LogP contribution in [0.5, 0.6) is 0 Å². The van der Waals surface area contributed by atoms with Gasteiger partial charge in [-0.25, -0.2) is 9.50 Å². The topological polar surface area (TPSA) is 30.2 Å². The fourth-order valence-corrected chi connectivity index (χ4v) is 1.95. The Morgan fingerprint density at radius 1 is 1.31 bits per heavy atom. The number of nitrogens with zero attached hydrogens (tertiary/aromatic N) is 3. The van der Waals surface area contributed by atoms with Crippen LogP contribution in [0.1, 0.15) is 51.1 Å². The van der Waals surface area contributed by atoms with Crippen LogP contribution in [0.15, 0.2) is 24.5 Å². The van der Waals surface area contributed by atoms with Gasteiger partial charge in [-0.1, -0.05) is 33.1 Å². The lowest BCUT2D eigenvalue weighted by Gasteiger charge is -2.10. The van der Waals surface area contributed by atoms with Gasteiger partial charge in [0.05, 0.1) is 6.20 Å². The molecular formula is C13H19N3. The fraction of sp³-hybridized carbons (Fsp3) is 0.538. The molecule has 3 heteroatoms. The standard InChI is InChI=1S/C13H19N3/c1-3-4-5-6-11(2)12-8-10-16-13(15-12)7-9-14-16/h7-11H,3-6H2,1-2H3. The molecular weight excluding hydrogens is 198 g/mol. The Bertz CT molecular complexity index is 447. The minimum atomic E-state index is 0.548. The molecule has 86 valence electrons. The smallest absolute Gasteiger partial charge is 0.155 e. The summed E-state index contributed by atoms with van der Waals surface area (Å²) in [5.74, 6) is 0.548. The van der Waals surface area contributed by atoms with Gasteiger partial charge in [0.1, 0.15) is 0 Å². The number of unbranched alkanes of at least 4 members (excludes halogenated alkanes) is 2. The third kappa shape index (κ3) is 2.40. The van der Waals surface area contributed by atoms with Gasteiger partial charge in [-0.3, -0.25) is 0 Å². The fourth-order valence-electron chi connectivity index (χ4n) is 1.95. The van der Waals surface area contributed by atoms with Crippen molar-refractivity contribution in [3.63, 3.8) is 0 Å². The Morgan fingerprint density at radius 2 is 2.19 bits per heavy atom. The van der Waals surface area contributed by atoms with E-state index >= 15 is 0 Å². The molecule has 0 aromatic carbocycles. The van der Waals surface area contributed by atoms with E-state index in [1.807, 2.05) is 16.8 Å². The van der Waals surface area contributed by atoms with Crippen LogP contribution in [0, 0.1) is 0 Å². The van der Waals surface area contributed by atoms with Gasteiger partial charge in [-0.2, -0.15) is 5.10 Å². The Kier molecular flexibility index (Phi) is 3.54. The first-order valence-corrected chi connectivity index (χ1v) is 6.11. The minimum Gasteiger partial charge on any atom is -0.233 e. The molecule has 0 fully saturated rings. The molecule has 3 nitrogen and oxygen atoms in total. The number of aromatic nitrogens is 3. The molecule has 0 aliphatic heterocycles. The lowest BCUT2D eigenvalue weighted by Crippen LogP contribution is -2.00. The maximum atomic E-state index is 4.61. The highest BCUT2D eigenvalue weighted by atomic mass is 15.2. The van der Waals surface area contributed by atoms with Gasteiger partial charge in [0, 0.05) is 18.0 Å². The van der Waals surface area contributed by atoms with Crippen LogP contribution in [-0.4, -0.2) is 14.6 Å². The molecule has 2 heterocycles. The summed E-state index contributed by atoms with van der Waals surface area (Å²) in [6.45, 7) is 4.49. The molecule has 2 rings (SSSR count). The molecule has 0 bridgehead atoms. The molecule has 0 N–H and O–H groups in total. The van der Waals surface area contributed by atoms with Gasteiger partial charge in [0.25, 0.3) is 0 Å². The number of rotatable bonds is 5. The summed E-state index contributed by atoms with van der Waals surface area (Å²) < 4.78 is 1.81. The van der Waals surface area contributed by atoms with Crippen LogP contribution >= 0.6 is 0 Å². The van der Waals surface area contributed by atoms with E-state index in [0.29, 0.717) is 5.92 Å². The Morgan fingerprint density at radius 3 is 3.00 bits per heavy atom. The highest BCUT2D eigenvalue weighted by Gasteiger charge is 2.07. The minimum absolute atomic E-state index is 0.548. The monoisotopic (exact) mass is 217 g/mol. The summed E-state index contributed by atoms with van der Waals surface area (Å²) in [6.07, 6.45) is 8.90. The molecule has 0 radical (unpaired) electrons. The number of hydrogen-bond donors (Lipinski definition) is 0. The first kappa shape index (κ1) is 11.1. The first-order chi connectivity index (χ1) is 7.81. The first-order valence-electron chi connectivity index (χ1n) is 6.11. The van der Waals surface area contributed by atoms with Gasteiger partial charge in [0.15, 0.2) is 5.65 Å². The quantitative estimate of drug-likeness (QED) is 0.718. The third-order valence-electron chi connectivity index (χ3n) is 3.03. The second kappa shape index (κ2) is 5.10. The maximum absolute atomic E-state index is 4.61. The molecule has 1 atom stereocenters. The van der Waals surface area contributed by atoms with Crippen LogP contribution in [0.4, 0.5) is 0 Å². The zero-order valence-corrected chi connectivity index (χ0v) is 10.1. The summed E-state index contributed by atoms with van der Waals surface area (Å²) in [5, 5.41) is 4.15. The second-order valence-electron chi connectivity index (χ2n) is 4.38.